The van der Waals surface area contributed by atoms with Crippen LogP contribution in [0.4, 0.5) is 0 Å². The SMILES string of the molecule is C=COc1ccc(OC=C)c(Cc2ccccc2)c1C. The first kappa shape index (κ1) is 13.9. The number of rotatable bonds is 6. The summed E-state index contributed by atoms with van der Waals surface area (Å²) in [5, 5.41) is 0. The van der Waals surface area contributed by atoms with E-state index in [9.17, 15) is 0 Å². The molecular weight excluding hydrogens is 248 g/mol. The first-order chi connectivity index (χ1) is 9.76. The van der Waals surface area contributed by atoms with E-state index in [4.69, 9.17) is 9.47 Å². The topological polar surface area (TPSA) is 18.5 Å². The zero-order valence-corrected chi connectivity index (χ0v) is 11.6. The second kappa shape index (κ2) is 6.62. The summed E-state index contributed by atoms with van der Waals surface area (Å²) in [6.07, 6.45) is 3.66. The lowest BCUT2D eigenvalue weighted by atomic mass is 9.99. The highest BCUT2D eigenvalue weighted by Crippen LogP contribution is 2.32. The number of hydrogen-bond donors (Lipinski definition) is 0. The molecule has 0 aromatic heterocycles. The summed E-state index contributed by atoms with van der Waals surface area (Å²) < 4.78 is 10.9. The maximum Gasteiger partial charge on any atom is 0.130 e. The fourth-order valence-corrected chi connectivity index (χ4v) is 2.15. The Kier molecular flexibility index (Phi) is 4.61. The molecule has 0 fully saturated rings. The van der Waals surface area contributed by atoms with Crippen LogP contribution in [0.15, 0.2) is 68.1 Å². The molecule has 0 aliphatic rings. The van der Waals surface area contributed by atoms with Crippen LogP contribution in [0.25, 0.3) is 0 Å². The molecule has 2 aromatic rings. The van der Waals surface area contributed by atoms with Crippen molar-refractivity contribution in [2.75, 3.05) is 0 Å². The third-order valence-electron chi connectivity index (χ3n) is 3.15. The van der Waals surface area contributed by atoms with Gasteiger partial charge < -0.3 is 9.47 Å². The molecule has 2 rings (SSSR count). The largest absolute Gasteiger partial charge is 0.465 e. The van der Waals surface area contributed by atoms with Crippen LogP contribution in [-0.2, 0) is 6.42 Å². The number of hydrogen-bond acceptors (Lipinski definition) is 2. The third kappa shape index (κ3) is 3.09. The van der Waals surface area contributed by atoms with E-state index in [0.717, 1.165) is 29.0 Å². The van der Waals surface area contributed by atoms with Gasteiger partial charge in [-0.3, -0.25) is 0 Å². The van der Waals surface area contributed by atoms with Crippen molar-refractivity contribution >= 4 is 0 Å². The summed E-state index contributed by atoms with van der Waals surface area (Å²) in [6.45, 7) is 9.24. The Bertz CT molecular complexity index is 600. The van der Waals surface area contributed by atoms with Crippen molar-refractivity contribution in [3.63, 3.8) is 0 Å². The fraction of sp³-hybridized carbons (Fsp3) is 0.111. The van der Waals surface area contributed by atoms with E-state index >= 15 is 0 Å². The molecule has 0 bridgehead atoms. The summed E-state index contributed by atoms with van der Waals surface area (Å²) in [4.78, 5) is 0. The summed E-state index contributed by atoms with van der Waals surface area (Å²) in [5.41, 5.74) is 3.36. The molecule has 2 nitrogen and oxygen atoms in total. The smallest absolute Gasteiger partial charge is 0.130 e. The molecule has 0 atom stereocenters. The van der Waals surface area contributed by atoms with E-state index in [1.807, 2.05) is 37.3 Å². The first-order valence-electron chi connectivity index (χ1n) is 6.47. The van der Waals surface area contributed by atoms with Gasteiger partial charge in [-0.2, -0.15) is 0 Å². The molecule has 0 spiro atoms. The molecular formula is C18H18O2. The molecule has 0 N–H and O–H groups in total. The Morgan fingerprint density at radius 3 is 2.15 bits per heavy atom. The zero-order valence-electron chi connectivity index (χ0n) is 11.6. The maximum absolute atomic E-state index is 5.51. The van der Waals surface area contributed by atoms with E-state index in [-0.39, 0.29) is 0 Å². The van der Waals surface area contributed by atoms with Crippen LogP contribution in [0, 0.1) is 6.92 Å². The van der Waals surface area contributed by atoms with Gasteiger partial charge >= 0.3 is 0 Å². The van der Waals surface area contributed by atoms with Gasteiger partial charge in [0.25, 0.3) is 0 Å². The maximum atomic E-state index is 5.51. The van der Waals surface area contributed by atoms with Gasteiger partial charge in [0, 0.05) is 12.0 Å². The van der Waals surface area contributed by atoms with Crippen molar-refractivity contribution < 1.29 is 9.47 Å². The van der Waals surface area contributed by atoms with Crippen molar-refractivity contribution in [1.29, 1.82) is 0 Å². The quantitative estimate of drug-likeness (QED) is 0.710. The van der Waals surface area contributed by atoms with E-state index in [2.05, 4.69) is 25.3 Å². The highest BCUT2D eigenvalue weighted by molar-refractivity contribution is 5.50. The Morgan fingerprint density at radius 1 is 0.900 bits per heavy atom. The van der Waals surface area contributed by atoms with Crippen molar-refractivity contribution in [3.8, 4) is 11.5 Å². The van der Waals surface area contributed by atoms with E-state index < -0.39 is 0 Å². The average molecular weight is 266 g/mol. The third-order valence-corrected chi connectivity index (χ3v) is 3.15. The molecule has 0 aliphatic carbocycles. The van der Waals surface area contributed by atoms with Gasteiger partial charge in [-0.25, -0.2) is 0 Å². The predicted molar refractivity (Wildman–Crippen MR) is 82.1 cm³/mol. The first-order valence-corrected chi connectivity index (χ1v) is 6.47. The van der Waals surface area contributed by atoms with Gasteiger partial charge in [0.2, 0.25) is 0 Å². The van der Waals surface area contributed by atoms with Gasteiger partial charge in [-0.15, -0.1) is 0 Å². The zero-order chi connectivity index (χ0) is 14.4. The molecule has 20 heavy (non-hydrogen) atoms. The molecule has 2 heteroatoms. The minimum atomic E-state index is 0.782. The van der Waals surface area contributed by atoms with Gasteiger partial charge in [-0.05, 0) is 30.2 Å². The van der Waals surface area contributed by atoms with Crippen LogP contribution in [-0.4, -0.2) is 0 Å². The highest BCUT2D eigenvalue weighted by atomic mass is 16.5. The standard InChI is InChI=1S/C18H18O2/c1-4-19-17-11-12-18(20-5-2)16(14(17)3)13-15-9-7-6-8-10-15/h4-12H,1-2,13H2,3H3. The van der Waals surface area contributed by atoms with Crippen LogP contribution in [0.3, 0.4) is 0 Å². The van der Waals surface area contributed by atoms with Crippen molar-refractivity contribution in [3.05, 3.63) is 84.8 Å². The van der Waals surface area contributed by atoms with E-state index in [1.54, 1.807) is 0 Å². The molecule has 2 aromatic carbocycles. The summed E-state index contributed by atoms with van der Waals surface area (Å²) >= 11 is 0. The molecule has 0 radical (unpaired) electrons. The molecule has 102 valence electrons. The summed E-state index contributed by atoms with van der Waals surface area (Å²) in [6, 6.07) is 14.0. The van der Waals surface area contributed by atoms with Crippen LogP contribution in [0.1, 0.15) is 16.7 Å². The normalized spacial score (nSPS) is 9.85. The lowest BCUT2D eigenvalue weighted by Gasteiger charge is -2.15. The Balaban J connectivity index is 2.43. The minimum Gasteiger partial charge on any atom is -0.465 e. The van der Waals surface area contributed by atoms with E-state index in [0.29, 0.717) is 0 Å². The molecule has 0 amide bonds. The average Bonchev–Trinajstić information content (AvgIpc) is 2.47. The van der Waals surface area contributed by atoms with Crippen LogP contribution >= 0.6 is 0 Å². The predicted octanol–water partition coefficient (Wildman–Crippen LogP) is 4.63. The van der Waals surface area contributed by atoms with Crippen LogP contribution in [0.5, 0.6) is 11.5 Å². The molecule has 0 heterocycles. The fourth-order valence-electron chi connectivity index (χ4n) is 2.15. The Morgan fingerprint density at radius 2 is 1.50 bits per heavy atom. The van der Waals surface area contributed by atoms with Crippen molar-refractivity contribution in [1.82, 2.24) is 0 Å². The van der Waals surface area contributed by atoms with Crippen molar-refractivity contribution in [2.24, 2.45) is 0 Å². The van der Waals surface area contributed by atoms with Gasteiger partial charge in [0.05, 0.1) is 12.5 Å². The van der Waals surface area contributed by atoms with Gasteiger partial charge in [0.1, 0.15) is 11.5 Å². The lowest BCUT2D eigenvalue weighted by molar-refractivity contribution is 0.462. The minimum absolute atomic E-state index is 0.782. The molecule has 0 saturated carbocycles. The van der Waals surface area contributed by atoms with Crippen LogP contribution in [0.2, 0.25) is 0 Å². The molecule has 0 aliphatic heterocycles. The number of ether oxygens (including phenoxy) is 2. The highest BCUT2D eigenvalue weighted by Gasteiger charge is 2.12. The lowest BCUT2D eigenvalue weighted by Crippen LogP contribution is -1.98. The second-order valence-electron chi connectivity index (χ2n) is 4.40. The summed E-state index contributed by atoms with van der Waals surface area (Å²) in [5.74, 6) is 1.60. The van der Waals surface area contributed by atoms with Crippen molar-refractivity contribution in [2.45, 2.75) is 13.3 Å². The van der Waals surface area contributed by atoms with Gasteiger partial charge in [0.15, 0.2) is 0 Å². The van der Waals surface area contributed by atoms with Crippen LogP contribution < -0.4 is 9.47 Å². The van der Waals surface area contributed by atoms with Gasteiger partial charge in [-0.1, -0.05) is 43.5 Å². The number of benzene rings is 2. The molecule has 0 unspecified atom stereocenters. The Hall–Kier alpha value is -2.48. The monoisotopic (exact) mass is 266 g/mol. The summed E-state index contributed by atoms with van der Waals surface area (Å²) in [7, 11) is 0. The second-order valence-corrected chi connectivity index (χ2v) is 4.40. The van der Waals surface area contributed by atoms with E-state index in [1.165, 1.54) is 18.1 Å². The molecule has 0 saturated heterocycles. The Labute approximate surface area is 120 Å².